The molecule has 114 valence electrons. The molecule has 0 radical (unpaired) electrons. The van der Waals surface area contributed by atoms with Crippen molar-refractivity contribution >= 4 is 35.4 Å². The topological polar surface area (TPSA) is 86.0 Å². The number of carboxylic acid groups (broad SMARTS) is 1. The standard InChI is InChI=1S/C13H17N3O3S2/c1-16(9(6-20)13(18)19)5-8-7-21-12(15-8)11-10(17)3-2-4-14-11/h2-4,8-9,17,20H,5-7H2,1H3,(H,18,19)/t8-,9-/m1/s1. The summed E-state index contributed by atoms with van der Waals surface area (Å²) in [6.07, 6.45) is 1.61. The van der Waals surface area contributed by atoms with Crippen molar-refractivity contribution in [2.24, 2.45) is 4.99 Å². The third-order valence-electron chi connectivity index (χ3n) is 3.19. The quantitative estimate of drug-likeness (QED) is 0.675. The van der Waals surface area contributed by atoms with E-state index in [-0.39, 0.29) is 17.5 Å². The lowest BCUT2D eigenvalue weighted by molar-refractivity contribution is -0.141. The SMILES string of the molecule is CN(C[C@@H]1CSC(c2ncccc2O)=N1)[C@H](CS)C(=O)O. The number of rotatable bonds is 6. The number of carbonyl (C=O) groups is 1. The Morgan fingerprint density at radius 2 is 2.43 bits per heavy atom. The second kappa shape index (κ2) is 7.15. The van der Waals surface area contributed by atoms with Gasteiger partial charge in [-0.05, 0) is 19.2 Å². The molecular weight excluding hydrogens is 310 g/mol. The molecule has 0 fully saturated rings. The van der Waals surface area contributed by atoms with Gasteiger partial charge in [-0.3, -0.25) is 19.7 Å². The van der Waals surface area contributed by atoms with Gasteiger partial charge >= 0.3 is 5.97 Å². The van der Waals surface area contributed by atoms with E-state index >= 15 is 0 Å². The van der Waals surface area contributed by atoms with E-state index in [0.717, 1.165) is 5.75 Å². The van der Waals surface area contributed by atoms with Gasteiger partial charge < -0.3 is 10.2 Å². The summed E-state index contributed by atoms with van der Waals surface area (Å²) in [6.45, 7) is 0.529. The van der Waals surface area contributed by atoms with E-state index in [9.17, 15) is 9.90 Å². The van der Waals surface area contributed by atoms with Crippen LogP contribution in [0.15, 0.2) is 23.3 Å². The van der Waals surface area contributed by atoms with E-state index in [2.05, 4.69) is 22.6 Å². The van der Waals surface area contributed by atoms with Crippen LogP contribution in [0.4, 0.5) is 0 Å². The molecule has 0 aromatic carbocycles. The monoisotopic (exact) mass is 327 g/mol. The summed E-state index contributed by atoms with van der Waals surface area (Å²) in [4.78, 5) is 21.5. The van der Waals surface area contributed by atoms with Crippen LogP contribution in [-0.2, 0) is 4.79 Å². The molecule has 0 unspecified atom stereocenters. The minimum Gasteiger partial charge on any atom is -0.506 e. The number of hydrogen-bond acceptors (Lipinski definition) is 7. The molecule has 2 N–H and O–H groups in total. The van der Waals surface area contributed by atoms with Crippen molar-refractivity contribution in [2.75, 3.05) is 25.1 Å². The Morgan fingerprint density at radius 3 is 3.05 bits per heavy atom. The van der Waals surface area contributed by atoms with Gasteiger partial charge in [0, 0.05) is 24.2 Å². The molecule has 0 bridgehead atoms. The van der Waals surface area contributed by atoms with Crippen LogP contribution in [-0.4, -0.2) is 68.3 Å². The summed E-state index contributed by atoms with van der Waals surface area (Å²) in [5.41, 5.74) is 0.483. The number of aliphatic carboxylic acids is 1. The summed E-state index contributed by atoms with van der Waals surface area (Å²) in [5.74, 6) is 0.221. The van der Waals surface area contributed by atoms with Crippen molar-refractivity contribution in [3.63, 3.8) is 0 Å². The molecule has 1 aliphatic rings. The maximum Gasteiger partial charge on any atom is 0.321 e. The molecule has 1 aromatic rings. The van der Waals surface area contributed by atoms with E-state index in [1.54, 1.807) is 30.3 Å². The normalized spacial score (nSPS) is 19.6. The lowest BCUT2D eigenvalue weighted by Crippen LogP contribution is -2.43. The molecule has 2 rings (SSSR count). The minimum absolute atomic E-state index is 0.0156. The highest BCUT2D eigenvalue weighted by molar-refractivity contribution is 8.14. The molecule has 1 aliphatic heterocycles. The first-order valence-electron chi connectivity index (χ1n) is 6.41. The summed E-state index contributed by atoms with van der Waals surface area (Å²) in [7, 11) is 1.76. The van der Waals surface area contributed by atoms with E-state index in [4.69, 9.17) is 5.11 Å². The van der Waals surface area contributed by atoms with Gasteiger partial charge in [0.2, 0.25) is 0 Å². The summed E-state index contributed by atoms with van der Waals surface area (Å²) < 4.78 is 0. The first kappa shape index (κ1) is 16.1. The van der Waals surface area contributed by atoms with Gasteiger partial charge in [0.05, 0.1) is 6.04 Å². The molecular formula is C13H17N3O3S2. The van der Waals surface area contributed by atoms with Gasteiger partial charge in [-0.2, -0.15) is 12.6 Å². The third kappa shape index (κ3) is 3.90. The predicted octanol–water partition coefficient (Wildman–Crippen LogP) is 0.964. The Hall–Kier alpha value is -1.25. The number of aromatic nitrogens is 1. The zero-order chi connectivity index (χ0) is 15.4. The maximum atomic E-state index is 11.1. The summed E-state index contributed by atoms with van der Waals surface area (Å²) in [5, 5.41) is 19.6. The van der Waals surface area contributed by atoms with Crippen LogP contribution < -0.4 is 0 Å². The molecule has 0 saturated carbocycles. The molecule has 0 aliphatic carbocycles. The second-order valence-corrected chi connectivity index (χ2v) is 6.12. The fourth-order valence-electron chi connectivity index (χ4n) is 2.07. The first-order valence-corrected chi connectivity index (χ1v) is 8.03. The fourth-order valence-corrected chi connectivity index (χ4v) is 3.55. The number of hydrogen-bond donors (Lipinski definition) is 3. The number of nitrogens with zero attached hydrogens (tertiary/aromatic N) is 3. The van der Waals surface area contributed by atoms with Crippen LogP contribution in [0.3, 0.4) is 0 Å². The molecule has 2 heterocycles. The number of carboxylic acids is 1. The Labute approximate surface area is 132 Å². The third-order valence-corrected chi connectivity index (χ3v) is 4.66. The van der Waals surface area contributed by atoms with E-state index in [1.807, 2.05) is 0 Å². The average molecular weight is 327 g/mol. The number of likely N-dealkylation sites (N-methyl/N-ethyl adjacent to an activating group) is 1. The molecule has 0 saturated heterocycles. The Balaban J connectivity index is 2.04. The predicted molar refractivity (Wildman–Crippen MR) is 86.6 cm³/mol. The van der Waals surface area contributed by atoms with Crippen LogP contribution >= 0.6 is 24.4 Å². The zero-order valence-corrected chi connectivity index (χ0v) is 13.2. The van der Waals surface area contributed by atoms with Crippen molar-refractivity contribution in [3.05, 3.63) is 24.0 Å². The lowest BCUT2D eigenvalue weighted by atomic mass is 10.2. The van der Waals surface area contributed by atoms with Gasteiger partial charge in [0.1, 0.15) is 22.5 Å². The summed E-state index contributed by atoms with van der Waals surface area (Å²) in [6, 6.07) is 2.60. The highest BCUT2D eigenvalue weighted by Gasteiger charge is 2.27. The maximum absolute atomic E-state index is 11.1. The smallest absolute Gasteiger partial charge is 0.321 e. The highest BCUT2D eigenvalue weighted by Crippen LogP contribution is 2.27. The molecule has 6 nitrogen and oxygen atoms in total. The van der Waals surface area contributed by atoms with Crippen molar-refractivity contribution in [2.45, 2.75) is 12.1 Å². The highest BCUT2D eigenvalue weighted by atomic mass is 32.2. The van der Waals surface area contributed by atoms with E-state index in [0.29, 0.717) is 17.3 Å². The van der Waals surface area contributed by atoms with Crippen LogP contribution in [0.1, 0.15) is 5.69 Å². The van der Waals surface area contributed by atoms with Crippen molar-refractivity contribution in [1.29, 1.82) is 0 Å². The zero-order valence-electron chi connectivity index (χ0n) is 11.5. The number of aromatic hydroxyl groups is 1. The van der Waals surface area contributed by atoms with Crippen LogP contribution in [0.5, 0.6) is 5.75 Å². The number of thioether (sulfide) groups is 1. The number of thiol groups is 1. The second-order valence-electron chi connectivity index (χ2n) is 4.75. The van der Waals surface area contributed by atoms with Gasteiger partial charge in [-0.15, -0.1) is 11.8 Å². The fraction of sp³-hybridized carbons (Fsp3) is 0.462. The van der Waals surface area contributed by atoms with Gasteiger partial charge in [-0.25, -0.2) is 0 Å². The molecule has 0 amide bonds. The van der Waals surface area contributed by atoms with Crippen LogP contribution in [0.2, 0.25) is 0 Å². The van der Waals surface area contributed by atoms with Crippen LogP contribution in [0.25, 0.3) is 0 Å². The molecule has 8 heteroatoms. The van der Waals surface area contributed by atoms with E-state index in [1.165, 1.54) is 11.8 Å². The van der Waals surface area contributed by atoms with E-state index < -0.39 is 12.0 Å². The van der Waals surface area contributed by atoms with Crippen molar-refractivity contribution < 1.29 is 15.0 Å². The average Bonchev–Trinajstić information content (AvgIpc) is 2.87. The Bertz CT molecular complexity index is 553. The Kier molecular flexibility index (Phi) is 5.49. The summed E-state index contributed by atoms with van der Waals surface area (Å²) >= 11 is 5.59. The molecule has 21 heavy (non-hydrogen) atoms. The Morgan fingerprint density at radius 1 is 1.67 bits per heavy atom. The molecule has 1 aromatic heterocycles. The largest absolute Gasteiger partial charge is 0.506 e. The molecule has 2 atom stereocenters. The lowest BCUT2D eigenvalue weighted by Gasteiger charge is -2.24. The first-order chi connectivity index (χ1) is 10.0. The number of aliphatic imine (C=N–C) groups is 1. The minimum atomic E-state index is -0.885. The van der Waals surface area contributed by atoms with Gasteiger partial charge in [0.15, 0.2) is 0 Å². The molecule has 0 spiro atoms. The van der Waals surface area contributed by atoms with Crippen molar-refractivity contribution in [1.82, 2.24) is 9.88 Å². The van der Waals surface area contributed by atoms with Gasteiger partial charge in [-0.1, -0.05) is 0 Å². The van der Waals surface area contributed by atoms with Gasteiger partial charge in [0.25, 0.3) is 0 Å². The van der Waals surface area contributed by atoms with Crippen LogP contribution in [0, 0.1) is 0 Å². The number of pyridine rings is 1. The van der Waals surface area contributed by atoms with Crippen molar-refractivity contribution in [3.8, 4) is 5.75 Å².